The van der Waals surface area contributed by atoms with Gasteiger partial charge >= 0.3 is 0 Å². The zero-order valence-corrected chi connectivity index (χ0v) is 9.77. The fraction of sp³-hybridized carbons (Fsp3) is 0.133. The molecule has 2 nitrogen and oxygen atoms in total. The molecule has 0 aliphatic rings. The van der Waals surface area contributed by atoms with E-state index in [4.69, 9.17) is 0 Å². The largest absolute Gasteiger partial charge is 0.236 e. The van der Waals surface area contributed by atoms with Crippen molar-refractivity contribution in [1.29, 1.82) is 0 Å². The van der Waals surface area contributed by atoms with Crippen molar-refractivity contribution in [3.05, 3.63) is 54.7 Å². The molecule has 0 saturated carbocycles. The molecule has 0 aliphatic heterocycles. The average Bonchev–Trinajstić information content (AvgIpc) is 2.40. The molecule has 0 saturated heterocycles. The fourth-order valence-electron chi connectivity index (χ4n) is 1.49. The van der Waals surface area contributed by atoms with Crippen molar-refractivity contribution in [1.82, 2.24) is 9.97 Å². The zero-order valence-electron chi connectivity index (χ0n) is 9.77. The van der Waals surface area contributed by atoms with Gasteiger partial charge in [0.2, 0.25) is 0 Å². The molecule has 0 unspecified atom stereocenters. The maximum atomic E-state index is 4.34. The Morgan fingerprint density at radius 3 is 2.29 bits per heavy atom. The molecule has 1 aromatic carbocycles. The van der Waals surface area contributed by atoms with Crippen molar-refractivity contribution in [2.75, 3.05) is 0 Å². The smallest absolute Gasteiger partial charge is 0.159 e. The van der Waals surface area contributed by atoms with Crippen molar-refractivity contribution in [2.45, 2.75) is 13.3 Å². The van der Waals surface area contributed by atoms with Crippen molar-refractivity contribution in [3.63, 3.8) is 0 Å². The minimum absolute atomic E-state index is 0.747. The predicted octanol–water partition coefficient (Wildman–Crippen LogP) is 2.89. The van der Waals surface area contributed by atoms with Gasteiger partial charge in [-0.15, -0.1) is 0 Å². The monoisotopic (exact) mass is 221 g/mol. The van der Waals surface area contributed by atoms with Gasteiger partial charge in [-0.3, -0.25) is 0 Å². The van der Waals surface area contributed by atoms with Crippen molar-refractivity contribution in [2.24, 2.45) is 0 Å². The van der Waals surface area contributed by atoms with E-state index in [1.54, 1.807) is 0 Å². The first kappa shape index (κ1) is 11.3. The van der Waals surface area contributed by atoms with Crippen molar-refractivity contribution in [3.8, 4) is 23.2 Å². The van der Waals surface area contributed by atoms with Crippen LogP contribution in [0.1, 0.15) is 18.1 Å². The van der Waals surface area contributed by atoms with Crippen LogP contribution < -0.4 is 0 Å². The summed E-state index contributed by atoms with van der Waals surface area (Å²) in [6.07, 6.45) is 4.69. The number of aromatic nitrogens is 2. The van der Waals surface area contributed by atoms with Gasteiger partial charge in [-0.05, 0) is 36.2 Å². The second kappa shape index (κ2) is 5.27. The second-order valence-corrected chi connectivity index (χ2v) is 3.65. The molecule has 1 aromatic heterocycles. The van der Waals surface area contributed by atoms with Gasteiger partial charge in [0.1, 0.15) is 0 Å². The Morgan fingerprint density at radius 1 is 1.12 bits per heavy atom. The van der Waals surface area contributed by atoms with Crippen molar-refractivity contribution < 1.29 is 0 Å². The molecule has 2 aromatic rings. The third-order valence-corrected chi connectivity index (χ3v) is 2.49. The standard InChI is InChI=1S/C15H13N2/c1-3-5-13-6-8-14(9-7-13)15-16-10-12(4-2)11-17-15/h6-11H,1,4H2,2H3. The summed E-state index contributed by atoms with van der Waals surface area (Å²) in [6, 6.07) is 7.84. The number of hydrogen-bond acceptors (Lipinski definition) is 2. The molecule has 2 rings (SSSR count). The lowest BCUT2D eigenvalue weighted by Crippen LogP contribution is -1.91. The normalized spacial score (nSPS) is 9.53. The molecule has 1 heterocycles. The Labute approximate surface area is 102 Å². The van der Waals surface area contributed by atoms with E-state index in [0.717, 1.165) is 28.9 Å². The van der Waals surface area contributed by atoms with Gasteiger partial charge in [0, 0.05) is 30.4 Å². The highest BCUT2D eigenvalue weighted by atomic mass is 14.9. The molecule has 2 heteroatoms. The lowest BCUT2D eigenvalue weighted by Gasteiger charge is -2.01. The summed E-state index contributed by atoms with van der Waals surface area (Å²) in [5.74, 6) is 6.28. The highest BCUT2D eigenvalue weighted by Crippen LogP contribution is 2.15. The molecule has 0 fully saturated rings. The first-order valence-electron chi connectivity index (χ1n) is 5.53. The van der Waals surface area contributed by atoms with Gasteiger partial charge in [-0.2, -0.15) is 0 Å². The van der Waals surface area contributed by atoms with Gasteiger partial charge in [-0.1, -0.05) is 18.8 Å². The molecule has 0 N–H and O–H groups in total. The third-order valence-electron chi connectivity index (χ3n) is 2.49. The molecule has 1 radical (unpaired) electrons. The molecule has 17 heavy (non-hydrogen) atoms. The SMILES string of the molecule is [CH2]C#Cc1ccc(-c2ncc(CC)cn2)cc1. The van der Waals surface area contributed by atoms with E-state index in [1.165, 1.54) is 0 Å². The lowest BCUT2D eigenvalue weighted by molar-refractivity contribution is 1.05. The first-order valence-corrected chi connectivity index (χ1v) is 5.53. The Hall–Kier alpha value is -2.14. The molecule has 0 bridgehead atoms. The fourth-order valence-corrected chi connectivity index (χ4v) is 1.49. The van der Waals surface area contributed by atoms with Gasteiger partial charge in [-0.25, -0.2) is 9.97 Å². The Bertz CT molecular complexity index is 542. The molecular weight excluding hydrogens is 208 g/mol. The highest BCUT2D eigenvalue weighted by molar-refractivity contribution is 5.56. The summed E-state index contributed by atoms with van der Waals surface area (Å²) >= 11 is 0. The van der Waals surface area contributed by atoms with Crippen LogP contribution in [0.5, 0.6) is 0 Å². The topological polar surface area (TPSA) is 25.8 Å². The molecule has 0 aliphatic carbocycles. The number of aryl methyl sites for hydroxylation is 1. The van der Waals surface area contributed by atoms with Gasteiger partial charge in [0.05, 0.1) is 0 Å². The molecule has 0 atom stereocenters. The minimum Gasteiger partial charge on any atom is -0.236 e. The third kappa shape index (κ3) is 2.70. The van der Waals surface area contributed by atoms with E-state index >= 15 is 0 Å². The Morgan fingerprint density at radius 2 is 1.76 bits per heavy atom. The van der Waals surface area contributed by atoms with Crippen LogP contribution in [-0.2, 0) is 6.42 Å². The number of rotatable bonds is 2. The van der Waals surface area contributed by atoms with E-state index in [-0.39, 0.29) is 0 Å². The van der Waals surface area contributed by atoms with E-state index in [1.807, 2.05) is 36.7 Å². The average molecular weight is 221 g/mol. The van der Waals surface area contributed by atoms with Crippen molar-refractivity contribution >= 4 is 0 Å². The number of nitrogens with zero attached hydrogens (tertiary/aromatic N) is 2. The van der Waals surface area contributed by atoms with Crippen LogP contribution in [0.3, 0.4) is 0 Å². The Balaban J connectivity index is 2.28. The van der Waals surface area contributed by atoms with Gasteiger partial charge < -0.3 is 0 Å². The van der Waals surface area contributed by atoms with Gasteiger partial charge in [0.25, 0.3) is 0 Å². The molecule has 0 amide bonds. The van der Waals surface area contributed by atoms with Crippen LogP contribution in [0, 0.1) is 18.8 Å². The molecular formula is C15H13N2. The summed E-state index contributed by atoms with van der Waals surface area (Å²) in [5.41, 5.74) is 3.10. The summed E-state index contributed by atoms with van der Waals surface area (Å²) in [7, 11) is 0. The summed E-state index contributed by atoms with van der Waals surface area (Å²) in [5, 5.41) is 0. The van der Waals surface area contributed by atoms with E-state index in [0.29, 0.717) is 0 Å². The lowest BCUT2D eigenvalue weighted by atomic mass is 10.1. The molecule has 0 spiro atoms. The van der Waals surface area contributed by atoms with Crippen LogP contribution in [0.2, 0.25) is 0 Å². The second-order valence-electron chi connectivity index (χ2n) is 3.65. The Kier molecular flexibility index (Phi) is 3.52. The van der Waals surface area contributed by atoms with E-state index in [2.05, 4.69) is 35.7 Å². The number of benzene rings is 1. The minimum atomic E-state index is 0.747. The molecule has 83 valence electrons. The summed E-state index contributed by atoms with van der Waals surface area (Å²) in [6.45, 7) is 5.58. The van der Waals surface area contributed by atoms with Gasteiger partial charge in [0.15, 0.2) is 5.82 Å². The van der Waals surface area contributed by atoms with Crippen LogP contribution in [0.25, 0.3) is 11.4 Å². The number of hydrogen-bond donors (Lipinski definition) is 0. The summed E-state index contributed by atoms with van der Waals surface area (Å²) < 4.78 is 0. The van der Waals surface area contributed by atoms with Crippen LogP contribution in [0.15, 0.2) is 36.7 Å². The van der Waals surface area contributed by atoms with E-state index < -0.39 is 0 Å². The quantitative estimate of drug-likeness (QED) is 0.729. The van der Waals surface area contributed by atoms with Crippen LogP contribution >= 0.6 is 0 Å². The predicted molar refractivity (Wildman–Crippen MR) is 69.1 cm³/mol. The van der Waals surface area contributed by atoms with E-state index in [9.17, 15) is 0 Å². The summed E-state index contributed by atoms with van der Waals surface area (Å²) in [4.78, 5) is 8.67. The maximum Gasteiger partial charge on any atom is 0.159 e. The van der Waals surface area contributed by atoms with Crippen LogP contribution in [0.4, 0.5) is 0 Å². The van der Waals surface area contributed by atoms with Crippen LogP contribution in [-0.4, -0.2) is 9.97 Å². The highest BCUT2D eigenvalue weighted by Gasteiger charge is 2.00. The first-order chi connectivity index (χ1) is 8.33. The maximum absolute atomic E-state index is 4.34. The zero-order chi connectivity index (χ0) is 12.1.